The molecule has 1 unspecified atom stereocenters. The minimum atomic E-state index is 0.517. The Hall–Kier alpha value is -0.240. The van der Waals surface area contributed by atoms with Crippen LogP contribution in [-0.4, -0.2) is 13.1 Å². The van der Waals surface area contributed by atoms with Crippen LogP contribution >= 0.6 is 23.2 Å². The summed E-state index contributed by atoms with van der Waals surface area (Å²) < 4.78 is 0. The van der Waals surface area contributed by atoms with E-state index in [4.69, 9.17) is 23.2 Å². The molecule has 1 aromatic rings. The van der Waals surface area contributed by atoms with Crippen LogP contribution in [0.2, 0.25) is 10.0 Å². The molecule has 1 aliphatic rings. The second-order valence-corrected chi connectivity index (χ2v) is 5.45. The zero-order chi connectivity index (χ0) is 11.5. The number of hydrogen-bond donors (Lipinski definition) is 1. The lowest BCUT2D eigenvalue weighted by atomic mass is 10.0. The summed E-state index contributed by atoms with van der Waals surface area (Å²) in [5.74, 6) is 0.926. The summed E-state index contributed by atoms with van der Waals surface area (Å²) in [6, 6.07) is 6.20. The topological polar surface area (TPSA) is 12.0 Å². The standard InChI is InChI=1S/C13H17Cl2N/c1-16-12(6-9-2-3-9)8-10-7-11(14)4-5-13(10)15/h4-5,7,9,12,16H,2-3,6,8H2,1H3. The van der Waals surface area contributed by atoms with E-state index in [9.17, 15) is 0 Å². The lowest BCUT2D eigenvalue weighted by molar-refractivity contribution is 0.490. The first kappa shape index (κ1) is 12.2. The van der Waals surface area contributed by atoms with Crippen LogP contribution < -0.4 is 5.32 Å². The fourth-order valence-electron chi connectivity index (χ4n) is 2.02. The van der Waals surface area contributed by atoms with Crippen molar-refractivity contribution in [3.05, 3.63) is 33.8 Å². The Bertz CT molecular complexity index is 361. The fourth-order valence-corrected chi connectivity index (χ4v) is 2.41. The average Bonchev–Trinajstić information content (AvgIpc) is 3.06. The van der Waals surface area contributed by atoms with Gasteiger partial charge in [0.1, 0.15) is 0 Å². The average molecular weight is 258 g/mol. The maximum Gasteiger partial charge on any atom is 0.0439 e. The maximum atomic E-state index is 6.16. The molecule has 0 amide bonds. The molecule has 0 spiro atoms. The largest absolute Gasteiger partial charge is 0.317 e. The smallest absolute Gasteiger partial charge is 0.0439 e. The highest BCUT2D eigenvalue weighted by Gasteiger charge is 2.25. The third kappa shape index (κ3) is 3.38. The van der Waals surface area contributed by atoms with Crippen molar-refractivity contribution in [1.82, 2.24) is 5.32 Å². The molecule has 88 valence electrons. The van der Waals surface area contributed by atoms with Gasteiger partial charge < -0.3 is 5.32 Å². The Morgan fingerprint density at radius 1 is 1.38 bits per heavy atom. The van der Waals surface area contributed by atoms with Gasteiger partial charge >= 0.3 is 0 Å². The zero-order valence-corrected chi connectivity index (χ0v) is 11.0. The molecule has 1 nitrogen and oxygen atoms in total. The molecule has 0 bridgehead atoms. The molecule has 16 heavy (non-hydrogen) atoms. The van der Waals surface area contributed by atoms with Gasteiger partial charge in [-0.1, -0.05) is 36.0 Å². The molecule has 1 atom stereocenters. The second kappa shape index (κ2) is 5.39. The molecule has 2 rings (SSSR count). The summed E-state index contributed by atoms with van der Waals surface area (Å²) in [5.41, 5.74) is 1.15. The van der Waals surface area contributed by atoms with Gasteiger partial charge in [-0.25, -0.2) is 0 Å². The van der Waals surface area contributed by atoms with Crippen LogP contribution in [0.1, 0.15) is 24.8 Å². The fraction of sp³-hybridized carbons (Fsp3) is 0.538. The SMILES string of the molecule is CNC(Cc1cc(Cl)ccc1Cl)CC1CC1. The van der Waals surface area contributed by atoms with Gasteiger partial charge in [-0.15, -0.1) is 0 Å². The van der Waals surface area contributed by atoms with E-state index in [0.717, 1.165) is 27.9 Å². The third-order valence-electron chi connectivity index (χ3n) is 3.20. The molecule has 3 heteroatoms. The predicted molar refractivity (Wildman–Crippen MR) is 70.4 cm³/mol. The number of hydrogen-bond acceptors (Lipinski definition) is 1. The van der Waals surface area contributed by atoms with Crippen molar-refractivity contribution < 1.29 is 0 Å². The number of benzene rings is 1. The van der Waals surface area contributed by atoms with Crippen LogP contribution in [0.15, 0.2) is 18.2 Å². The molecule has 1 aromatic carbocycles. The van der Waals surface area contributed by atoms with E-state index in [2.05, 4.69) is 5.32 Å². The summed E-state index contributed by atoms with van der Waals surface area (Å²) in [5, 5.41) is 4.95. The highest BCUT2D eigenvalue weighted by Crippen LogP contribution is 2.34. The van der Waals surface area contributed by atoms with Crippen LogP contribution in [0.3, 0.4) is 0 Å². The Kier molecular flexibility index (Phi) is 4.12. The maximum absolute atomic E-state index is 6.16. The van der Waals surface area contributed by atoms with Crippen molar-refractivity contribution in [1.29, 1.82) is 0 Å². The van der Waals surface area contributed by atoms with Crippen molar-refractivity contribution in [3.8, 4) is 0 Å². The lowest BCUT2D eigenvalue weighted by Gasteiger charge is -2.16. The molecule has 0 radical (unpaired) electrons. The van der Waals surface area contributed by atoms with Crippen LogP contribution in [0.4, 0.5) is 0 Å². The van der Waals surface area contributed by atoms with Gasteiger partial charge in [0.05, 0.1) is 0 Å². The number of rotatable bonds is 5. The van der Waals surface area contributed by atoms with E-state index in [1.807, 2.05) is 25.2 Å². The highest BCUT2D eigenvalue weighted by atomic mass is 35.5. The van der Waals surface area contributed by atoms with Gasteiger partial charge in [0.25, 0.3) is 0 Å². The van der Waals surface area contributed by atoms with Crippen molar-refractivity contribution in [3.63, 3.8) is 0 Å². The van der Waals surface area contributed by atoms with Crippen molar-refractivity contribution in [2.24, 2.45) is 5.92 Å². The summed E-state index contributed by atoms with van der Waals surface area (Å²) in [6.07, 6.45) is 4.99. The van der Waals surface area contributed by atoms with Crippen LogP contribution in [0.5, 0.6) is 0 Å². The minimum Gasteiger partial charge on any atom is -0.317 e. The first-order valence-electron chi connectivity index (χ1n) is 5.80. The Labute approximate surface area is 107 Å². The number of nitrogens with one attached hydrogen (secondary N) is 1. The normalized spacial score (nSPS) is 17.4. The molecule has 0 aromatic heterocycles. The van der Waals surface area contributed by atoms with Gasteiger partial charge in [-0.2, -0.15) is 0 Å². The van der Waals surface area contributed by atoms with E-state index in [1.165, 1.54) is 19.3 Å². The molecule has 0 heterocycles. The lowest BCUT2D eigenvalue weighted by Crippen LogP contribution is -2.28. The first-order valence-corrected chi connectivity index (χ1v) is 6.56. The summed E-state index contributed by atoms with van der Waals surface area (Å²) in [4.78, 5) is 0. The quantitative estimate of drug-likeness (QED) is 0.843. The van der Waals surface area contributed by atoms with E-state index in [-0.39, 0.29) is 0 Å². The van der Waals surface area contributed by atoms with E-state index in [1.54, 1.807) is 0 Å². The molecule has 1 N–H and O–H groups in total. The predicted octanol–water partition coefficient (Wildman–Crippen LogP) is 3.92. The molecule has 1 aliphatic carbocycles. The highest BCUT2D eigenvalue weighted by molar-refractivity contribution is 6.33. The van der Waals surface area contributed by atoms with Gasteiger partial charge in [-0.05, 0) is 49.6 Å². The second-order valence-electron chi connectivity index (χ2n) is 4.60. The molecule has 1 fully saturated rings. The monoisotopic (exact) mass is 257 g/mol. The number of halogens is 2. The number of likely N-dealkylation sites (N-methyl/N-ethyl adjacent to an activating group) is 1. The van der Waals surface area contributed by atoms with E-state index in [0.29, 0.717) is 6.04 Å². The third-order valence-corrected chi connectivity index (χ3v) is 3.80. The Balaban J connectivity index is 2.01. The summed E-state index contributed by atoms with van der Waals surface area (Å²) >= 11 is 12.1. The molecule has 0 saturated heterocycles. The first-order chi connectivity index (χ1) is 7.69. The Morgan fingerprint density at radius 2 is 2.12 bits per heavy atom. The molecule has 0 aliphatic heterocycles. The summed E-state index contributed by atoms with van der Waals surface area (Å²) in [7, 11) is 2.02. The van der Waals surface area contributed by atoms with Crippen molar-refractivity contribution >= 4 is 23.2 Å². The summed E-state index contributed by atoms with van der Waals surface area (Å²) in [6.45, 7) is 0. The van der Waals surface area contributed by atoms with Gasteiger partial charge in [0, 0.05) is 16.1 Å². The van der Waals surface area contributed by atoms with Crippen molar-refractivity contribution in [2.45, 2.75) is 31.7 Å². The van der Waals surface area contributed by atoms with E-state index < -0.39 is 0 Å². The molecular formula is C13H17Cl2N. The molecular weight excluding hydrogens is 241 g/mol. The van der Waals surface area contributed by atoms with Gasteiger partial charge in [0.15, 0.2) is 0 Å². The van der Waals surface area contributed by atoms with E-state index >= 15 is 0 Å². The Morgan fingerprint density at radius 3 is 2.75 bits per heavy atom. The van der Waals surface area contributed by atoms with Crippen LogP contribution in [0, 0.1) is 5.92 Å². The molecule has 1 saturated carbocycles. The zero-order valence-electron chi connectivity index (χ0n) is 9.47. The van der Waals surface area contributed by atoms with Gasteiger partial charge in [0.2, 0.25) is 0 Å². The van der Waals surface area contributed by atoms with Crippen LogP contribution in [0.25, 0.3) is 0 Å². The van der Waals surface area contributed by atoms with Crippen molar-refractivity contribution in [2.75, 3.05) is 7.05 Å². The van der Waals surface area contributed by atoms with Gasteiger partial charge in [-0.3, -0.25) is 0 Å². The minimum absolute atomic E-state index is 0.517. The van der Waals surface area contributed by atoms with Crippen LogP contribution in [-0.2, 0) is 6.42 Å².